The molecule has 0 saturated carbocycles. The molecule has 0 aliphatic carbocycles. The number of piperazine rings is 1. The molecule has 2 N–H and O–H groups in total. The number of halogens is 1. The van der Waals surface area contributed by atoms with Gasteiger partial charge in [-0.15, -0.1) is 0 Å². The molecule has 4 aromatic rings. The molecule has 2 aromatic carbocycles. The fraction of sp³-hybridized carbons (Fsp3) is 0.269. The van der Waals surface area contributed by atoms with Gasteiger partial charge in [-0.25, -0.2) is 9.97 Å². The van der Waals surface area contributed by atoms with E-state index in [-0.39, 0.29) is 0 Å². The van der Waals surface area contributed by atoms with Crippen molar-refractivity contribution in [2.45, 2.75) is 12.6 Å². The number of rotatable bonds is 8. The normalized spacial score (nSPS) is 16.2. The van der Waals surface area contributed by atoms with Crippen molar-refractivity contribution >= 4 is 34.0 Å². The lowest BCUT2D eigenvalue weighted by atomic mass is 10.2. The van der Waals surface area contributed by atoms with Gasteiger partial charge < -0.3 is 20.1 Å². The third-order valence-corrected chi connectivity index (χ3v) is 6.29. The Bertz CT molecular complexity index is 1280. The quantitative estimate of drug-likeness (QED) is 0.378. The Morgan fingerprint density at radius 1 is 1.06 bits per heavy atom. The number of hydrogen-bond donors (Lipinski definition) is 2. The zero-order chi connectivity index (χ0) is 24.0. The van der Waals surface area contributed by atoms with Crippen molar-refractivity contribution in [3.63, 3.8) is 0 Å². The molecule has 180 valence electrons. The van der Waals surface area contributed by atoms with Gasteiger partial charge >= 0.3 is 0 Å². The highest BCUT2D eigenvalue weighted by Crippen LogP contribution is 2.34. The monoisotopic (exact) mass is 490 g/mol. The third kappa shape index (κ3) is 5.62. The van der Waals surface area contributed by atoms with Crippen LogP contribution in [0.1, 0.15) is 5.69 Å². The Kier molecular flexibility index (Phi) is 7.23. The topological polar surface area (TPSA) is 84.4 Å². The van der Waals surface area contributed by atoms with Gasteiger partial charge in [0.05, 0.1) is 27.7 Å². The van der Waals surface area contributed by atoms with E-state index in [1.807, 2.05) is 54.6 Å². The van der Waals surface area contributed by atoms with E-state index in [9.17, 15) is 0 Å². The Morgan fingerprint density at radius 2 is 2.00 bits per heavy atom. The van der Waals surface area contributed by atoms with Gasteiger partial charge in [0.2, 0.25) is 0 Å². The minimum absolute atomic E-state index is 0.303. The number of anilines is 2. The van der Waals surface area contributed by atoms with E-state index in [0.717, 1.165) is 47.7 Å². The summed E-state index contributed by atoms with van der Waals surface area (Å²) in [4.78, 5) is 15.5. The van der Waals surface area contributed by atoms with Crippen molar-refractivity contribution in [1.82, 2.24) is 25.2 Å². The highest BCUT2D eigenvalue weighted by Gasteiger charge is 2.20. The highest BCUT2D eigenvalue weighted by atomic mass is 35.5. The number of benzene rings is 2. The van der Waals surface area contributed by atoms with E-state index in [1.54, 1.807) is 12.5 Å². The molecular weight excluding hydrogens is 464 g/mol. The van der Waals surface area contributed by atoms with Gasteiger partial charge in [0.15, 0.2) is 0 Å². The Balaban J connectivity index is 1.33. The highest BCUT2D eigenvalue weighted by molar-refractivity contribution is 6.32. The lowest BCUT2D eigenvalue weighted by Crippen LogP contribution is -2.51. The summed E-state index contributed by atoms with van der Waals surface area (Å²) < 4.78 is 12.1. The van der Waals surface area contributed by atoms with Gasteiger partial charge in [-0.1, -0.05) is 23.7 Å². The summed E-state index contributed by atoms with van der Waals surface area (Å²) in [6, 6.07) is 17.4. The summed E-state index contributed by atoms with van der Waals surface area (Å²) in [6.07, 6.45) is 3.28. The predicted octanol–water partition coefficient (Wildman–Crippen LogP) is 4.28. The van der Waals surface area contributed by atoms with Crippen LogP contribution in [-0.2, 0) is 6.61 Å². The number of fused-ring (bicyclic) bond motifs is 1. The molecule has 0 spiro atoms. The van der Waals surface area contributed by atoms with Crippen LogP contribution in [-0.4, -0.2) is 59.2 Å². The number of aromatic nitrogens is 3. The summed E-state index contributed by atoms with van der Waals surface area (Å²) in [5.41, 5.74) is 2.42. The van der Waals surface area contributed by atoms with Crippen molar-refractivity contribution in [2.24, 2.45) is 0 Å². The van der Waals surface area contributed by atoms with Gasteiger partial charge in [-0.2, -0.15) is 0 Å². The third-order valence-electron chi connectivity index (χ3n) is 6.00. The number of hydrogen-bond acceptors (Lipinski definition) is 8. The second-order valence-corrected chi connectivity index (χ2v) is 8.81. The Morgan fingerprint density at radius 3 is 2.83 bits per heavy atom. The molecule has 3 heterocycles. The van der Waals surface area contributed by atoms with Crippen molar-refractivity contribution in [2.75, 3.05) is 38.6 Å². The van der Waals surface area contributed by atoms with E-state index >= 15 is 0 Å². The van der Waals surface area contributed by atoms with Crippen molar-refractivity contribution in [1.29, 1.82) is 0 Å². The summed E-state index contributed by atoms with van der Waals surface area (Å²) >= 11 is 6.51. The maximum absolute atomic E-state index is 6.51. The SMILES string of the molecule is CN1CCNC[C@H]1COc1cccc2ncnc(Nc3ccc(OCc4ccccn4)c(Cl)c3)c12. The average Bonchev–Trinajstić information content (AvgIpc) is 2.88. The molecule has 1 atom stereocenters. The van der Waals surface area contributed by atoms with Crippen molar-refractivity contribution in [3.05, 3.63) is 77.8 Å². The van der Waals surface area contributed by atoms with Crippen LogP contribution in [0.3, 0.4) is 0 Å². The van der Waals surface area contributed by atoms with Gasteiger partial charge in [0.25, 0.3) is 0 Å². The molecule has 0 radical (unpaired) electrons. The van der Waals surface area contributed by atoms with Crippen LogP contribution in [0.2, 0.25) is 5.02 Å². The zero-order valence-electron chi connectivity index (χ0n) is 19.4. The van der Waals surface area contributed by atoms with Crippen molar-refractivity contribution < 1.29 is 9.47 Å². The maximum Gasteiger partial charge on any atom is 0.145 e. The first-order valence-corrected chi connectivity index (χ1v) is 11.9. The molecule has 0 unspecified atom stereocenters. The van der Waals surface area contributed by atoms with E-state index in [1.165, 1.54) is 0 Å². The molecule has 1 fully saturated rings. The standard InChI is InChI=1S/C26H27ClN6O2/c1-33-12-11-28-14-20(33)16-35-24-7-4-6-22-25(24)26(31-17-30-22)32-18-8-9-23(21(27)13-18)34-15-19-5-2-3-10-29-19/h2-10,13,17,20,28H,11-12,14-16H2,1H3,(H,30,31,32)/t20-/m0/s1. The van der Waals surface area contributed by atoms with E-state index < -0.39 is 0 Å². The predicted molar refractivity (Wildman–Crippen MR) is 138 cm³/mol. The number of ether oxygens (including phenoxy) is 2. The molecule has 35 heavy (non-hydrogen) atoms. The van der Waals surface area contributed by atoms with Gasteiger partial charge in [-0.05, 0) is 49.5 Å². The summed E-state index contributed by atoms with van der Waals surface area (Å²) in [7, 11) is 2.13. The summed E-state index contributed by atoms with van der Waals surface area (Å²) in [5, 5.41) is 8.12. The Labute approximate surface area is 209 Å². The van der Waals surface area contributed by atoms with E-state index in [2.05, 4.69) is 37.5 Å². The number of pyridine rings is 1. The lowest BCUT2D eigenvalue weighted by Gasteiger charge is -2.32. The molecule has 1 saturated heterocycles. The van der Waals surface area contributed by atoms with Crippen LogP contribution < -0.4 is 20.1 Å². The molecule has 8 nitrogen and oxygen atoms in total. The van der Waals surface area contributed by atoms with Crippen LogP contribution in [0.5, 0.6) is 11.5 Å². The molecule has 1 aliphatic heterocycles. The first kappa shape index (κ1) is 23.3. The molecule has 0 bridgehead atoms. The van der Waals surface area contributed by atoms with Gasteiger partial charge in [-0.3, -0.25) is 9.88 Å². The second kappa shape index (κ2) is 10.9. The molecule has 9 heteroatoms. The summed E-state index contributed by atoms with van der Waals surface area (Å²) in [5.74, 6) is 1.98. The van der Waals surface area contributed by atoms with Gasteiger partial charge in [0.1, 0.15) is 36.9 Å². The number of nitrogens with zero attached hydrogens (tertiary/aromatic N) is 4. The van der Waals surface area contributed by atoms with Crippen LogP contribution in [0.15, 0.2) is 67.1 Å². The van der Waals surface area contributed by atoms with Gasteiger partial charge in [0, 0.05) is 31.5 Å². The molecule has 5 rings (SSSR count). The molecule has 0 amide bonds. The van der Waals surface area contributed by atoms with E-state index in [0.29, 0.717) is 35.8 Å². The zero-order valence-corrected chi connectivity index (χ0v) is 20.2. The van der Waals surface area contributed by atoms with Crippen LogP contribution >= 0.6 is 11.6 Å². The summed E-state index contributed by atoms with van der Waals surface area (Å²) in [6.45, 7) is 3.82. The van der Waals surface area contributed by atoms with Crippen LogP contribution in [0.25, 0.3) is 10.9 Å². The number of nitrogens with one attached hydrogen (secondary N) is 2. The maximum atomic E-state index is 6.51. The molecule has 1 aliphatic rings. The largest absolute Gasteiger partial charge is 0.491 e. The number of likely N-dealkylation sites (N-methyl/N-ethyl adjacent to an activating group) is 1. The van der Waals surface area contributed by atoms with E-state index in [4.69, 9.17) is 21.1 Å². The smallest absolute Gasteiger partial charge is 0.145 e. The average molecular weight is 491 g/mol. The minimum Gasteiger partial charge on any atom is -0.491 e. The first-order valence-electron chi connectivity index (χ1n) is 11.5. The van der Waals surface area contributed by atoms with Crippen molar-refractivity contribution in [3.8, 4) is 11.5 Å². The molecule has 2 aromatic heterocycles. The Hall–Kier alpha value is -3.46. The fourth-order valence-electron chi connectivity index (χ4n) is 4.00. The van der Waals surface area contributed by atoms with Crippen LogP contribution in [0.4, 0.5) is 11.5 Å². The second-order valence-electron chi connectivity index (χ2n) is 8.40. The van der Waals surface area contributed by atoms with Crippen LogP contribution in [0, 0.1) is 0 Å². The minimum atomic E-state index is 0.303. The lowest BCUT2D eigenvalue weighted by molar-refractivity contribution is 0.137. The first-order chi connectivity index (χ1) is 17.2. The molecular formula is C26H27ClN6O2. The fourth-order valence-corrected chi connectivity index (χ4v) is 4.23.